The second kappa shape index (κ2) is 9.97. The van der Waals surface area contributed by atoms with E-state index in [1.807, 2.05) is 20.8 Å². The highest BCUT2D eigenvalue weighted by Crippen LogP contribution is 2.71. The first-order valence-electron chi connectivity index (χ1n) is 14.6. The van der Waals surface area contributed by atoms with Gasteiger partial charge in [-0.2, -0.15) is 0 Å². The fourth-order valence-electron chi connectivity index (χ4n) is 9.03. The zero-order valence-electron chi connectivity index (χ0n) is 25.4. The number of carboxylic acids is 1. The number of carbonyl (C=O) groups excluding carboxylic acids is 4. The summed E-state index contributed by atoms with van der Waals surface area (Å²) in [6.07, 6.45) is -0.793. The molecular weight excluding hydrogens is 528 g/mol. The Balaban J connectivity index is 1.93. The first-order valence-corrected chi connectivity index (χ1v) is 14.6. The SMILES string of the molecule is CC(=O)O[C@@H]1C(=O)C2=C([C@@H](O)C[C@H]3C(C)(C)[C@@H](O)CC[C@]23C)[C@]2(C)C(=O)C[C@H](C(C)=CC(=O)C[C@H](C)C(=O)O)[C@@]12C. The number of aliphatic carboxylic acids is 1. The van der Waals surface area contributed by atoms with E-state index in [0.717, 1.165) is 0 Å². The smallest absolute Gasteiger partial charge is 0.306 e. The van der Waals surface area contributed by atoms with Gasteiger partial charge in [-0.25, -0.2) is 0 Å². The number of rotatable bonds is 6. The van der Waals surface area contributed by atoms with Crippen molar-refractivity contribution in [2.24, 2.45) is 39.4 Å². The lowest BCUT2D eigenvalue weighted by atomic mass is 9.42. The molecule has 0 aromatic rings. The molecule has 2 saturated carbocycles. The van der Waals surface area contributed by atoms with Gasteiger partial charge in [-0.1, -0.05) is 40.2 Å². The third-order valence-corrected chi connectivity index (χ3v) is 11.6. The zero-order valence-corrected chi connectivity index (χ0v) is 25.4. The van der Waals surface area contributed by atoms with Crippen molar-refractivity contribution < 1.29 is 44.0 Å². The summed E-state index contributed by atoms with van der Waals surface area (Å²) in [6.45, 7) is 13.6. The molecule has 0 spiro atoms. The lowest BCUT2D eigenvalue weighted by Crippen LogP contribution is -2.65. The molecule has 0 amide bonds. The number of fused-ring (bicyclic) bond motifs is 4. The molecule has 0 aromatic heterocycles. The Bertz CT molecular complexity index is 1270. The number of ketones is 3. The summed E-state index contributed by atoms with van der Waals surface area (Å²) in [7, 11) is 0. The third kappa shape index (κ3) is 4.29. The quantitative estimate of drug-likeness (QED) is 0.320. The Labute approximate surface area is 241 Å². The van der Waals surface area contributed by atoms with Crippen LogP contribution in [0.15, 0.2) is 22.8 Å². The predicted molar refractivity (Wildman–Crippen MR) is 148 cm³/mol. The number of hydrogen-bond donors (Lipinski definition) is 3. The van der Waals surface area contributed by atoms with Crippen molar-refractivity contribution in [3.63, 3.8) is 0 Å². The fourth-order valence-corrected chi connectivity index (χ4v) is 9.03. The molecule has 0 saturated heterocycles. The first kappa shape index (κ1) is 31.3. The molecule has 0 bridgehead atoms. The highest BCUT2D eigenvalue weighted by molar-refractivity contribution is 6.08. The van der Waals surface area contributed by atoms with Crippen LogP contribution in [0.5, 0.6) is 0 Å². The Kier molecular flexibility index (Phi) is 7.61. The van der Waals surface area contributed by atoms with E-state index in [1.165, 1.54) is 19.9 Å². The summed E-state index contributed by atoms with van der Waals surface area (Å²) >= 11 is 0. The van der Waals surface area contributed by atoms with Gasteiger partial charge in [0.1, 0.15) is 5.78 Å². The van der Waals surface area contributed by atoms with Crippen molar-refractivity contribution in [2.45, 2.75) is 106 Å². The van der Waals surface area contributed by atoms with E-state index in [-0.39, 0.29) is 31.0 Å². The molecular formula is C32H44O9. The second-order valence-electron chi connectivity index (χ2n) is 14.1. The standard InChI is InChI=1S/C32H44O9/c1-15(11-18(34)12-16(2)28(39)40)19-13-23(37)32(8)24-20(35)14-21-29(4,5)22(36)9-10-30(21,6)25(24)26(38)27(31(19,32)7)41-17(3)33/h11,16,19-22,27,35-36H,9-10,12-14H2,1-8H3,(H,39,40)/t16-,19+,20-,21-,22-,27+,30-,31-,32-/m0/s1. The van der Waals surface area contributed by atoms with Gasteiger partial charge >= 0.3 is 11.9 Å². The number of allylic oxidation sites excluding steroid dienone is 2. The van der Waals surface area contributed by atoms with Crippen LogP contribution < -0.4 is 0 Å². The first-order chi connectivity index (χ1) is 18.8. The highest BCUT2D eigenvalue weighted by Gasteiger charge is 2.74. The molecule has 41 heavy (non-hydrogen) atoms. The van der Waals surface area contributed by atoms with Crippen molar-refractivity contribution in [1.29, 1.82) is 0 Å². The Morgan fingerprint density at radius 2 is 1.68 bits per heavy atom. The van der Waals surface area contributed by atoms with Crippen molar-refractivity contribution in [1.82, 2.24) is 0 Å². The summed E-state index contributed by atoms with van der Waals surface area (Å²) in [5.74, 6) is -4.66. The van der Waals surface area contributed by atoms with Crippen LogP contribution in [0.3, 0.4) is 0 Å². The van der Waals surface area contributed by atoms with E-state index in [4.69, 9.17) is 4.74 Å². The highest BCUT2D eigenvalue weighted by atomic mass is 16.5. The van der Waals surface area contributed by atoms with Crippen LogP contribution in [0.1, 0.15) is 87.5 Å². The van der Waals surface area contributed by atoms with Gasteiger partial charge in [0.05, 0.1) is 23.5 Å². The van der Waals surface area contributed by atoms with E-state index in [0.29, 0.717) is 29.6 Å². The van der Waals surface area contributed by atoms with E-state index >= 15 is 0 Å². The molecule has 0 radical (unpaired) electrons. The van der Waals surface area contributed by atoms with Crippen molar-refractivity contribution in [3.8, 4) is 0 Å². The maximum absolute atomic E-state index is 14.6. The van der Waals surface area contributed by atoms with Crippen LogP contribution in [0.25, 0.3) is 0 Å². The minimum atomic E-state index is -1.37. The molecule has 0 heterocycles. The zero-order chi connectivity index (χ0) is 31.0. The Morgan fingerprint density at radius 1 is 1.07 bits per heavy atom. The molecule has 9 atom stereocenters. The molecule has 0 aliphatic heterocycles. The maximum Gasteiger partial charge on any atom is 0.306 e. The Hall–Kier alpha value is -2.65. The number of aliphatic hydroxyl groups is 2. The molecule has 9 nitrogen and oxygen atoms in total. The summed E-state index contributed by atoms with van der Waals surface area (Å²) in [5.41, 5.74) is -2.83. The molecule has 4 rings (SSSR count). The number of carbonyl (C=O) groups is 5. The average Bonchev–Trinajstić information content (AvgIpc) is 3.07. The summed E-state index contributed by atoms with van der Waals surface area (Å²) in [4.78, 5) is 65.3. The molecule has 0 aromatic carbocycles. The number of esters is 1. The molecule has 4 aliphatic rings. The van der Waals surface area contributed by atoms with Gasteiger partial charge in [0.25, 0.3) is 0 Å². The van der Waals surface area contributed by atoms with Crippen LogP contribution in [0.4, 0.5) is 0 Å². The number of ether oxygens (including phenoxy) is 1. The van der Waals surface area contributed by atoms with Crippen LogP contribution in [0.2, 0.25) is 0 Å². The number of aliphatic hydroxyl groups excluding tert-OH is 2. The number of Topliss-reactive ketones (excluding diaryl/α,β-unsaturated/α-hetero) is 2. The van der Waals surface area contributed by atoms with Gasteiger partial charge in [-0.05, 0) is 67.4 Å². The lowest BCUT2D eigenvalue weighted by Gasteiger charge is -2.62. The largest absolute Gasteiger partial charge is 0.481 e. The molecule has 4 aliphatic carbocycles. The van der Waals surface area contributed by atoms with E-state index in [1.54, 1.807) is 20.8 Å². The van der Waals surface area contributed by atoms with Gasteiger partial charge < -0.3 is 20.1 Å². The van der Waals surface area contributed by atoms with E-state index in [2.05, 4.69) is 0 Å². The molecule has 3 N–H and O–H groups in total. The molecule has 9 heteroatoms. The minimum Gasteiger partial charge on any atom is -0.481 e. The van der Waals surface area contributed by atoms with Gasteiger partial charge in [-0.15, -0.1) is 0 Å². The molecule has 226 valence electrons. The second-order valence-corrected chi connectivity index (χ2v) is 14.1. The van der Waals surface area contributed by atoms with E-state index < -0.39 is 75.3 Å². The van der Waals surface area contributed by atoms with Crippen molar-refractivity contribution in [3.05, 3.63) is 22.8 Å². The minimum absolute atomic E-state index is 0.0318. The number of carboxylic acid groups (broad SMARTS) is 1. The maximum atomic E-state index is 14.6. The van der Waals surface area contributed by atoms with Gasteiger partial charge in [0.2, 0.25) is 5.78 Å². The predicted octanol–water partition coefficient (Wildman–Crippen LogP) is 3.59. The van der Waals surface area contributed by atoms with Crippen LogP contribution in [-0.4, -0.2) is 62.9 Å². The Morgan fingerprint density at radius 3 is 2.24 bits per heavy atom. The normalized spacial score (nSPS) is 40.8. The summed E-state index contributed by atoms with van der Waals surface area (Å²) < 4.78 is 5.80. The monoisotopic (exact) mass is 572 g/mol. The lowest BCUT2D eigenvalue weighted by molar-refractivity contribution is -0.175. The fraction of sp³-hybridized carbons (Fsp3) is 0.719. The van der Waals surface area contributed by atoms with Gasteiger partial charge in [0, 0.05) is 30.8 Å². The van der Waals surface area contributed by atoms with Gasteiger partial charge in [-0.3, -0.25) is 24.0 Å². The van der Waals surface area contributed by atoms with E-state index in [9.17, 15) is 39.3 Å². The van der Waals surface area contributed by atoms with Crippen LogP contribution >= 0.6 is 0 Å². The number of hydrogen-bond acceptors (Lipinski definition) is 8. The third-order valence-electron chi connectivity index (χ3n) is 11.6. The topological polar surface area (TPSA) is 155 Å². The van der Waals surface area contributed by atoms with Gasteiger partial charge in [0.15, 0.2) is 11.9 Å². The molecule has 2 fully saturated rings. The van der Waals surface area contributed by atoms with Crippen molar-refractivity contribution in [2.75, 3.05) is 0 Å². The summed E-state index contributed by atoms with van der Waals surface area (Å²) in [6, 6.07) is 0. The molecule has 0 unspecified atom stereocenters. The summed E-state index contributed by atoms with van der Waals surface area (Å²) in [5, 5.41) is 31.9. The average molecular weight is 573 g/mol. The van der Waals surface area contributed by atoms with Crippen molar-refractivity contribution >= 4 is 29.3 Å². The van der Waals surface area contributed by atoms with Crippen LogP contribution in [-0.2, 0) is 28.7 Å². The van der Waals surface area contributed by atoms with Crippen LogP contribution in [0, 0.1) is 39.4 Å².